The number of aliphatic carboxylic acids is 1. The van der Waals surface area contributed by atoms with Crippen LogP contribution < -0.4 is 20.1 Å². The Morgan fingerprint density at radius 3 is 2.47 bits per heavy atom. The molecular weight excluding hydrogens is 780 g/mol. The standard InChI is InChI=1S/C45H48Cl2FN5O5/c1-52(32-14-10-27(11-15-32)12-17-44(55)56)25-30-18-38(46)29(21-41(30)57-2)26-53-40-9-5-7-34(36(40)24-50-53)35-8-4-6-33(45(35)47)28-19-39(48)37(42(20-28)58-3)23-49-22-31-13-16-43(54)51-31/h4-9,12,17-21,24,27,31-32,49H,10-11,13-16,22-23,25-26H2,1-3H3,(H,51,54)(H,55,56)/b17-12+/t27?,31-,32?/m0/s1. The molecule has 2 fully saturated rings. The largest absolute Gasteiger partial charge is 0.496 e. The number of carbonyl (C=O) groups is 2. The summed E-state index contributed by atoms with van der Waals surface area (Å²) in [4.78, 5) is 24.8. The van der Waals surface area contributed by atoms with E-state index in [4.69, 9.17) is 42.9 Å². The molecule has 5 aromatic rings. The second kappa shape index (κ2) is 18.3. The SMILES string of the molecule is COc1cc(Cn2ncc3c(-c4cccc(-c5cc(F)c(CNC[C@@H]6CCC(=O)N6)c(OC)c5)c4Cl)cccc32)c(Cl)cc1CN(C)C1CCC(/C=C/C(=O)O)CC1. The smallest absolute Gasteiger partial charge is 0.327 e. The van der Waals surface area contributed by atoms with E-state index in [2.05, 4.69) is 22.6 Å². The van der Waals surface area contributed by atoms with Crippen molar-refractivity contribution in [3.05, 3.63) is 112 Å². The molecule has 0 bridgehead atoms. The first-order chi connectivity index (χ1) is 28.0. The van der Waals surface area contributed by atoms with Gasteiger partial charge >= 0.3 is 5.97 Å². The molecule has 1 amide bonds. The number of hydrogen-bond donors (Lipinski definition) is 3. The van der Waals surface area contributed by atoms with Crippen molar-refractivity contribution in [3.8, 4) is 33.8 Å². The summed E-state index contributed by atoms with van der Waals surface area (Å²) in [5.41, 5.74) is 6.09. The molecule has 0 radical (unpaired) electrons. The number of amides is 1. The highest BCUT2D eigenvalue weighted by molar-refractivity contribution is 6.36. The first-order valence-corrected chi connectivity index (χ1v) is 20.4. The Morgan fingerprint density at radius 1 is 1.00 bits per heavy atom. The summed E-state index contributed by atoms with van der Waals surface area (Å²) in [5.74, 6) is 0.185. The Balaban J connectivity index is 1.08. The number of halogens is 3. The zero-order valence-electron chi connectivity index (χ0n) is 32.9. The minimum absolute atomic E-state index is 0.0327. The normalized spacial score (nSPS) is 18.3. The van der Waals surface area contributed by atoms with Crippen LogP contribution in [0.15, 0.2) is 79.0 Å². The Kier molecular flexibility index (Phi) is 13.0. The van der Waals surface area contributed by atoms with Crippen LogP contribution in [0.2, 0.25) is 10.0 Å². The van der Waals surface area contributed by atoms with Crippen LogP contribution in [0.3, 0.4) is 0 Å². The second-order valence-corrected chi connectivity index (χ2v) is 16.0. The van der Waals surface area contributed by atoms with Crippen LogP contribution >= 0.6 is 23.2 Å². The van der Waals surface area contributed by atoms with Gasteiger partial charge in [0.05, 0.1) is 37.5 Å². The third-order valence-electron chi connectivity index (χ3n) is 11.5. The van der Waals surface area contributed by atoms with Gasteiger partial charge in [-0.3, -0.25) is 14.4 Å². The number of carboxylic acids is 1. The van der Waals surface area contributed by atoms with Crippen LogP contribution in [-0.2, 0) is 29.2 Å². The molecule has 1 atom stereocenters. The van der Waals surface area contributed by atoms with E-state index in [0.29, 0.717) is 70.5 Å². The minimum atomic E-state index is -0.900. The van der Waals surface area contributed by atoms with Crippen molar-refractivity contribution in [2.24, 2.45) is 5.92 Å². The number of benzene rings is 4. The van der Waals surface area contributed by atoms with Gasteiger partial charge in [0.2, 0.25) is 5.91 Å². The molecule has 10 nitrogen and oxygen atoms in total. The summed E-state index contributed by atoms with van der Waals surface area (Å²) in [5, 5.41) is 21.9. The monoisotopic (exact) mass is 827 g/mol. The van der Waals surface area contributed by atoms with Crippen molar-refractivity contribution in [3.63, 3.8) is 0 Å². The topological polar surface area (TPSA) is 118 Å². The summed E-state index contributed by atoms with van der Waals surface area (Å²) < 4.78 is 29.1. The molecule has 1 aliphatic heterocycles. The number of methoxy groups -OCH3 is 2. The van der Waals surface area contributed by atoms with E-state index in [1.165, 1.54) is 19.3 Å². The fourth-order valence-electron chi connectivity index (χ4n) is 8.33. The number of hydrogen-bond acceptors (Lipinski definition) is 7. The molecule has 2 heterocycles. The Hall–Kier alpha value is -4.94. The number of aromatic nitrogens is 2. The average Bonchev–Trinajstić information content (AvgIpc) is 3.84. The van der Waals surface area contributed by atoms with Gasteiger partial charge in [-0.25, -0.2) is 9.18 Å². The number of rotatable bonds is 15. The number of nitrogens with zero attached hydrogens (tertiary/aromatic N) is 3. The predicted molar refractivity (Wildman–Crippen MR) is 226 cm³/mol. The van der Waals surface area contributed by atoms with Crippen molar-refractivity contribution in [1.29, 1.82) is 0 Å². The third kappa shape index (κ3) is 9.18. The summed E-state index contributed by atoms with van der Waals surface area (Å²) >= 11 is 14.1. The van der Waals surface area contributed by atoms with Gasteiger partial charge < -0.3 is 25.2 Å². The summed E-state index contributed by atoms with van der Waals surface area (Å²) in [6.07, 6.45) is 10.1. The number of ether oxygens (including phenoxy) is 2. The number of fused-ring (bicyclic) bond motifs is 1. The molecule has 1 saturated heterocycles. The van der Waals surface area contributed by atoms with Crippen molar-refractivity contribution in [2.45, 2.75) is 70.2 Å². The van der Waals surface area contributed by atoms with Crippen LogP contribution in [-0.4, -0.2) is 71.6 Å². The Bertz CT molecular complexity index is 2340. The maximum Gasteiger partial charge on any atom is 0.327 e. The predicted octanol–water partition coefficient (Wildman–Crippen LogP) is 8.88. The van der Waals surface area contributed by atoms with Gasteiger partial charge in [-0.15, -0.1) is 0 Å². The van der Waals surface area contributed by atoms with Crippen molar-refractivity contribution >= 4 is 46.0 Å². The molecule has 1 aliphatic carbocycles. The minimum Gasteiger partial charge on any atom is -0.496 e. The number of carbonyl (C=O) groups excluding carboxylic acids is 1. The highest BCUT2D eigenvalue weighted by atomic mass is 35.5. The first-order valence-electron chi connectivity index (χ1n) is 19.6. The van der Waals surface area contributed by atoms with Gasteiger partial charge in [0.15, 0.2) is 0 Å². The van der Waals surface area contributed by atoms with Crippen molar-refractivity contribution < 1.29 is 28.6 Å². The van der Waals surface area contributed by atoms with E-state index in [-0.39, 0.29) is 18.5 Å². The summed E-state index contributed by atoms with van der Waals surface area (Å²) in [6.45, 7) is 1.87. The van der Waals surface area contributed by atoms with Crippen LogP contribution in [0.25, 0.3) is 33.2 Å². The Labute approximate surface area is 347 Å². The van der Waals surface area contributed by atoms with E-state index in [1.807, 2.05) is 65.5 Å². The molecule has 13 heteroatoms. The van der Waals surface area contributed by atoms with E-state index in [1.54, 1.807) is 13.2 Å². The Morgan fingerprint density at radius 2 is 1.74 bits per heavy atom. The summed E-state index contributed by atoms with van der Waals surface area (Å²) in [7, 11) is 5.30. The molecule has 7 rings (SSSR count). The van der Waals surface area contributed by atoms with Gasteiger partial charge in [-0.05, 0) is 92.1 Å². The highest BCUT2D eigenvalue weighted by Crippen LogP contribution is 2.41. The molecule has 0 spiro atoms. The van der Waals surface area contributed by atoms with Gasteiger partial charge in [-0.1, -0.05) is 59.6 Å². The van der Waals surface area contributed by atoms with Crippen LogP contribution in [0.1, 0.15) is 55.2 Å². The molecule has 58 heavy (non-hydrogen) atoms. The molecule has 3 N–H and O–H groups in total. The van der Waals surface area contributed by atoms with Crippen LogP contribution in [0.4, 0.5) is 4.39 Å². The maximum atomic E-state index is 15.7. The zero-order chi connectivity index (χ0) is 40.9. The average molecular weight is 829 g/mol. The second-order valence-electron chi connectivity index (χ2n) is 15.2. The van der Waals surface area contributed by atoms with Crippen molar-refractivity contribution in [1.82, 2.24) is 25.3 Å². The summed E-state index contributed by atoms with van der Waals surface area (Å²) in [6, 6.07) is 19.4. The molecule has 304 valence electrons. The fourth-order valence-corrected chi connectivity index (χ4v) is 8.92. The lowest BCUT2D eigenvalue weighted by Gasteiger charge is -2.34. The number of nitrogens with one attached hydrogen (secondary N) is 2. The fraction of sp³-hybridized carbons (Fsp3) is 0.356. The van der Waals surface area contributed by atoms with E-state index in [0.717, 1.165) is 71.0 Å². The van der Waals surface area contributed by atoms with Crippen molar-refractivity contribution in [2.75, 3.05) is 27.8 Å². The number of carboxylic acid groups (broad SMARTS) is 1. The zero-order valence-corrected chi connectivity index (χ0v) is 34.4. The number of allylic oxidation sites excluding steroid dienone is 1. The highest BCUT2D eigenvalue weighted by Gasteiger charge is 2.25. The molecule has 1 aromatic heterocycles. The van der Waals surface area contributed by atoms with E-state index in [9.17, 15) is 9.59 Å². The first kappa shape index (κ1) is 41.2. The molecule has 1 saturated carbocycles. The van der Waals surface area contributed by atoms with E-state index >= 15 is 4.39 Å². The molecule has 4 aromatic carbocycles. The van der Waals surface area contributed by atoms with Crippen LogP contribution in [0, 0.1) is 11.7 Å². The molecule has 2 aliphatic rings. The lowest BCUT2D eigenvalue weighted by Crippen LogP contribution is -2.35. The lowest BCUT2D eigenvalue weighted by atomic mass is 9.85. The molecular formula is C45H48Cl2FN5O5. The van der Waals surface area contributed by atoms with E-state index < -0.39 is 11.8 Å². The maximum absolute atomic E-state index is 15.7. The van der Waals surface area contributed by atoms with Crippen LogP contribution in [0.5, 0.6) is 11.5 Å². The van der Waals surface area contributed by atoms with Gasteiger partial charge in [-0.2, -0.15) is 5.10 Å². The van der Waals surface area contributed by atoms with Gasteiger partial charge in [0, 0.05) is 76.9 Å². The quantitative estimate of drug-likeness (QED) is 0.0897. The van der Waals surface area contributed by atoms with Gasteiger partial charge in [0.1, 0.15) is 17.3 Å². The lowest BCUT2D eigenvalue weighted by molar-refractivity contribution is -0.131. The molecule has 0 unspecified atom stereocenters. The third-order valence-corrected chi connectivity index (χ3v) is 12.3. The van der Waals surface area contributed by atoms with Gasteiger partial charge in [0.25, 0.3) is 0 Å².